The second-order valence-corrected chi connectivity index (χ2v) is 4.54. The van der Waals surface area contributed by atoms with Crippen molar-refractivity contribution in [2.75, 3.05) is 25.3 Å². The van der Waals surface area contributed by atoms with Gasteiger partial charge in [0.25, 0.3) is 5.91 Å². The van der Waals surface area contributed by atoms with Crippen molar-refractivity contribution in [3.05, 3.63) is 47.5 Å². The van der Waals surface area contributed by atoms with Gasteiger partial charge in [-0.25, -0.2) is 0 Å². The number of nitrogens with one attached hydrogen (secondary N) is 1. The summed E-state index contributed by atoms with van der Waals surface area (Å²) in [6, 6.07) is 10.4. The average molecular weight is 286 g/mol. The summed E-state index contributed by atoms with van der Waals surface area (Å²) in [5.74, 6) is 0.820. The highest BCUT2D eigenvalue weighted by Crippen LogP contribution is 2.27. The molecule has 5 heteroatoms. The van der Waals surface area contributed by atoms with Gasteiger partial charge in [-0.15, -0.1) is 0 Å². The van der Waals surface area contributed by atoms with E-state index in [4.69, 9.17) is 15.2 Å². The Morgan fingerprint density at radius 2 is 1.90 bits per heavy atom. The van der Waals surface area contributed by atoms with Crippen LogP contribution in [0.2, 0.25) is 0 Å². The number of rotatable bonds is 4. The van der Waals surface area contributed by atoms with E-state index in [0.717, 1.165) is 5.56 Å². The number of hydrogen-bond donors (Lipinski definition) is 2. The van der Waals surface area contributed by atoms with E-state index in [2.05, 4.69) is 5.32 Å². The first-order valence-electron chi connectivity index (χ1n) is 6.45. The van der Waals surface area contributed by atoms with Gasteiger partial charge in [-0.1, -0.05) is 6.07 Å². The molecule has 0 aromatic heterocycles. The Morgan fingerprint density at radius 1 is 1.14 bits per heavy atom. The van der Waals surface area contributed by atoms with Gasteiger partial charge in [0.2, 0.25) is 0 Å². The number of amides is 1. The Labute approximate surface area is 123 Å². The number of ether oxygens (including phenoxy) is 2. The van der Waals surface area contributed by atoms with Crippen molar-refractivity contribution in [1.29, 1.82) is 0 Å². The predicted molar refractivity (Wildman–Crippen MR) is 83.1 cm³/mol. The molecular weight excluding hydrogens is 268 g/mol. The molecule has 5 nitrogen and oxygen atoms in total. The van der Waals surface area contributed by atoms with E-state index in [-0.39, 0.29) is 5.91 Å². The molecule has 0 saturated heterocycles. The minimum absolute atomic E-state index is 0.261. The zero-order valence-corrected chi connectivity index (χ0v) is 12.3. The Hall–Kier alpha value is -2.69. The highest BCUT2D eigenvalue weighted by atomic mass is 16.5. The minimum atomic E-state index is -0.261. The number of anilines is 2. The van der Waals surface area contributed by atoms with Crippen molar-refractivity contribution in [3.63, 3.8) is 0 Å². The first-order valence-corrected chi connectivity index (χ1v) is 6.45. The molecule has 0 aliphatic carbocycles. The summed E-state index contributed by atoms with van der Waals surface area (Å²) in [7, 11) is 3.07. The first-order chi connectivity index (χ1) is 10.1. The average Bonchev–Trinajstić information content (AvgIpc) is 2.51. The first kappa shape index (κ1) is 14.7. The molecule has 2 rings (SSSR count). The fraction of sp³-hybridized carbons (Fsp3) is 0.188. The standard InChI is InChI=1S/C16H18N2O3/c1-10-13(17)5-4-6-14(10)18-16(19)12-8-7-11(20-2)9-15(12)21-3/h4-9H,17H2,1-3H3,(H,18,19). The van der Waals surface area contributed by atoms with E-state index in [0.29, 0.717) is 28.4 Å². The van der Waals surface area contributed by atoms with E-state index in [9.17, 15) is 4.79 Å². The maximum atomic E-state index is 12.4. The number of methoxy groups -OCH3 is 2. The minimum Gasteiger partial charge on any atom is -0.497 e. The lowest BCUT2D eigenvalue weighted by Crippen LogP contribution is -2.14. The Bertz CT molecular complexity index is 669. The normalized spacial score (nSPS) is 10.0. The van der Waals surface area contributed by atoms with Crippen LogP contribution in [-0.4, -0.2) is 20.1 Å². The molecule has 2 aromatic rings. The van der Waals surface area contributed by atoms with Gasteiger partial charge in [-0.3, -0.25) is 4.79 Å². The van der Waals surface area contributed by atoms with Crippen LogP contribution in [0.15, 0.2) is 36.4 Å². The molecule has 0 bridgehead atoms. The number of carbonyl (C=O) groups is 1. The number of nitrogen functional groups attached to an aromatic ring is 1. The van der Waals surface area contributed by atoms with Crippen LogP contribution in [-0.2, 0) is 0 Å². The van der Waals surface area contributed by atoms with Crippen molar-refractivity contribution < 1.29 is 14.3 Å². The van der Waals surface area contributed by atoms with Gasteiger partial charge in [-0.05, 0) is 36.8 Å². The molecule has 0 atom stereocenters. The van der Waals surface area contributed by atoms with Crippen molar-refractivity contribution in [2.24, 2.45) is 0 Å². The third-order valence-electron chi connectivity index (χ3n) is 3.28. The third-order valence-corrected chi connectivity index (χ3v) is 3.28. The summed E-state index contributed by atoms with van der Waals surface area (Å²) < 4.78 is 10.4. The van der Waals surface area contributed by atoms with Crippen molar-refractivity contribution in [3.8, 4) is 11.5 Å². The monoisotopic (exact) mass is 286 g/mol. The maximum Gasteiger partial charge on any atom is 0.259 e. The van der Waals surface area contributed by atoms with Gasteiger partial charge >= 0.3 is 0 Å². The number of hydrogen-bond acceptors (Lipinski definition) is 4. The molecule has 0 fully saturated rings. The van der Waals surface area contributed by atoms with Crippen LogP contribution in [0, 0.1) is 6.92 Å². The fourth-order valence-electron chi connectivity index (χ4n) is 1.96. The molecule has 110 valence electrons. The van der Waals surface area contributed by atoms with Crippen LogP contribution in [0.1, 0.15) is 15.9 Å². The lowest BCUT2D eigenvalue weighted by molar-refractivity contribution is 0.102. The van der Waals surface area contributed by atoms with Crippen LogP contribution in [0.3, 0.4) is 0 Å². The van der Waals surface area contributed by atoms with E-state index in [1.807, 2.05) is 6.92 Å². The second-order valence-electron chi connectivity index (χ2n) is 4.54. The third kappa shape index (κ3) is 3.08. The molecule has 0 unspecified atom stereocenters. The van der Waals surface area contributed by atoms with Crippen LogP contribution < -0.4 is 20.5 Å². The number of carbonyl (C=O) groups excluding carboxylic acids is 1. The zero-order chi connectivity index (χ0) is 15.4. The van der Waals surface area contributed by atoms with Crippen LogP contribution >= 0.6 is 0 Å². The van der Waals surface area contributed by atoms with Crippen molar-refractivity contribution >= 4 is 17.3 Å². The summed E-state index contributed by atoms with van der Waals surface area (Å²) >= 11 is 0. The Balaban J connectivity index is 2.30. The van der Waals surface area contributed by atoms with Crippen LogP contribution in [0.5, 0.6) is 11.5 Å². The predicted octanol–water partition coefficient (Wildman–Crippen LogP) is 2.85. The molecule has 0 aliphatic heterocycles. The summed E-state index contributed by atoms with van der Waals surface area (Å²) in [5, 5.41) is 2.84. The number of benzene rings is 2. The molecule has 3 N–H and O–H groups in total. The van der Waals surface area contributed by atoms with E-state index in [1.165, 1.54) is 7.11 Å². The van der Waals surface area contributed by atoms with Gasteiger partial charge in [0.15, 0.2) is 0 Å². The van der Waals surface area contributed by atoms with Gasteiger partial charge < -0.3 is 20.5 Å². The van der Waals surface area contributed by atoms with Gasteiger partial charge in [0, 0.05) is 17.4 Å². The molecule has 0 heterocycles. The summed E-state index contributed by atoms with van der Waals surface area (Å²) in [4.78, 5) is 12.4. The van der Waals surface area contributed by atoms with Crippen LogP contribution in [0.4, 0.5) is 11.4 Å². The molecule has 1 amide bonds. The molecule has 0 aliphatic rings. The van der Waals surface area contributed by atoms with Gasteiger partial charge in [0.05, 0.1) is 19.8 Å². The Morgan fingerprint density at radius 3 is 2.57 bits per heavy atom. The van der Waals surface area contributed by atoms with Crippen LogP contribution in [0.25, 0.3) is 0 Å². The Kier molecular flexibility index (Phi) is 4.33. The van der Waals surface area contributed by atoms with E-state index < -0.39 is 0 Å². The molecular formula is C16H18N2O3. The quantitative estimate of drug-likeness (QED) is 0.848. The topological polar surface area (TPSA) is 73.6 Å². The lowest BCUT2D eigenvalue weighted by atomic mass is 10.1. The second kappa shape index (κ2) is 6.17. The lowest BCUT2D eigenvalue weighted by Gasteiger charge is -2.13. The van der Waals surface area contributed by atoms with Gasteiger partial charge in [-0.2, -0.15) is 0 Å². The van der Waals surface area contributed by atoms with Gasteiger partial charge in [0.1, 0.15) is 11.5 Å². The highest BCUT2D eigenvalue weighted by molar-refractivity contribution is 6.06. The smallest absolute Gasteiger partial charge is 0.259 e. The molecule has 0 spiro atoms. The summed E-state index contributed by atoms with van der Waals surface area (Å²) in [6.45, 7) is 1.86. The molecule has 0 radical (unpaired) electrons. The van der Waals surface area contributed by atoms with E-state index >= 15 is 0 Å². The maximum absolute atomic E-state index is 12.4. The van der Waals surface area contributed by atoms with E-state index in [1.54, 1.807) is 43.5 Å². The summed E-state index contributed by atoms with van der Waals surface area (Å²) in [6.07, 6.45) is 0. The SMILES string of the molecule is COc1ccc(C(=O)Nc2cccc(N)c2C)c(OC)c1. The highest BCUT2D eigenvalue weighted by Gasteiger charge is 2.14. The molecule has 21 heavy (non-hydrogen) atoms. The largest absolute Gasteiger partial charge is 0.497 e. The zero-order valence-electron chi connectivity index (χ0n) is 12.3. The van der Waals surface area contributed by atoms with Crippen molar-refractivity contribution in [1.82, 2.24) is 0 Å². The molecule has 0 saturated carbocycles. The number of nitrogens with two attached hydrogens (primary N) is 1. The fourth-order valence-corrected chi connectivity index (χ4v) is 1.96. The molecule has 2 aromatic carbocycles. The summed E-state index contributed by atoms with van der Waals surface area (Å²) in [5.41, 5.74) is 8.41. The van der Waals surface area contributed by atoms with Crippen molar-refractivity contribution in [2.45, 2.75) is 6.92 Å².